The van der Waals surface area contributed by atoms with Gasteiger partial charge in [-0.2, -0.15) is 0 Å². The first-order chi connectivity index (χ1) is 17.1. The molecule has 192 valence electrons. The first-order valence-corrected chi connectivity index (χ1v) is 13.1. The van der Waals surface area contributed by atoms with Crippen LogP contribution in [0.15, 0.2) is 71.5 Å². The van der Waals surface area contributed by atoms with Crippen molar-refractivity contribution in [1.82, 2.24) is 4.57 Å². The number of alkyl halides is 2. The van der Waals surface area contributed by atoms with Gasteiger partial charge in [-0.1, -0.05) is 72.2 Å². The standard InChI is InChI=1S/C28H32BrF2N2O3/c1-20(2)25-32(14-15-33(25)19-21-6-4-3-5-7-21)16-17-36-26(34)28(35,22-8-10-24(29)11-9-22)23-12-13-27(30,31)18-23/h3-11,14-15,20,23,35H,12-13,16-19H2,1-2H3/q+1/t23-,28+/m1/s1. The summed E-state index contributed by atoms with van der Waals surface area (Å²) in [7, 11) is 0. The van der Waals surface area contributed by atoms with Crippen LogP contribution < -0.4 is 4.57 Å². The summed E-state index contributed by atoms with van der Waals surface area (Å²) >= 11 is 3.34. The number of benzene rings is 2. The lowest BCUT2D eigenvalue weighted by atomic mass is 9.80. The van der Waals surface area contributed by atoms with Gasteiger partial charge in [0.05, 0.1) is 5.92 Å². The average Bonchev–Trinajstić information content (AvgIpc) is 3.42. The fourth-order valence-corrected chi connectivity index (χ4v) is 5.39. The van der Waals surface area contributed by atoms with Crippen molar-refractivity contribution >= 4 is 21.9 Å². The number of aliphatic hydroxyl groups is 1. The molecule has 0 spiro atoms. The third-order valence-corrected chi connectivity index (χ3v) is 7.41. The number of ether oxygens (including phenoxy) is 1. The summed E-state index contributed by atoms with van der Waals surface area (Å²) in [5.74, 6) is -3.42. The van der Waals surface area contributed by atoms with Gasteiger partial charge in [-0.3, -0.25) is 0 Å². The highest BCUT2D eigenvalue weighted by molar-refractivity contribution is 9.10. The van der Waals surface area contributed by atoms with Crippen molar-refractivity contribution in [2.24, 2.45) is 5.92 Å². The molecule has 2 atom stereocenters. The van der Waals surface area contributed by atoms with E-state index in [1.807, 2.05) is 35.2 Å². The molecule has 1 aliphatic carbocycles. The molecule has 36 heavy (non-hydrogen) atoms. The van der Waals surface area contributed by atoms with Gasteiger partial charge < -0.3 is 9.84 Å². The van der Waals surface area contributed by atoms with E-state index in [0.717, 1.165) is 16.8 Å². The maximum Gasteiger partial charge on any atom is 0.343 e. The highest BCUT2D eigenvalue weighted by Gasteiger charge is 2.54. The Labute approximate surface area is 218 Å². The van der Waals surface area contributed by atoms with E-state index in [2.05, 4.69) is 46.5 Å². The van der Waals surface area contributed by atoms with Gasteiger partial charge in [0.25, 0.3) is 5.82 Å². The highest BCUT2D eigenvalue weighted by atomic mass is 79.9. The van der Waals surface area contributed by atoms with Crippen LogP contribution in [-0.4, -0.2) is 28.2 Å². The van der Waals surface area contributed by atoms with Gasteiger partial charge in [-0.25, -0.2) is 22.7 Å². The summed E-state index contributed by atoms with van der Waals surface area (Å²) in [5, 5.41) is 11.5. The second-order valence-corrected chi connectivity index (χ2v) is 10.7. The van der Waals surface area contributed by atoms with E-state index in [4.69, 9.17) is 4.74 Å². The van der Waals surface area contributed by atoms with E-state index in [1.165, 1.54) is 5.56 Å². The maximum absolute atomic E-state index is 14.0. The van der Waals surface area contributed by atoms with Crippen LogP contribution in [0.5, 0.6) is 0 Å². The summed E-state index contributed by atoms with van der Waals surface area (Å²) in [6.45, 7) is 5.33. The Morgan fingerprint density at radius 2 is 1.92 bits per heavy atom. The molecule has 5 nitrogen and oxygen atoms in total. The summed E-state index contributed by atoms with van der Waals surface area (Å²) in [6.07, 6.45) is 3.09. The van der Waals surface area contributed by atoms with Crippen molar-refractivity contribution in [2.45, 2.75) is 63.6 Å². The zero-order chi connectivity index (χ0) is 25.9. The van der Waals surface area contributed by atoms with Crippen molar-refractivity contribution < 1.29 is 28.0 Å². The largest absolute Gasteiger partial charge is 0.459 e. The van der Waals surface area contributed by atoms with Crippen LogP contribution in [0.2, 0.25) is 0 Å². The second-order valence-electron chi connectivity index (χ2n) is 9.82. The predicted molar refractivity (Wildman–Crippen MR) is 136 cm³/mol. The van der Waals surface area contributed by atoms with Crippen LogP contribution in [0.25, 0.3) is 0 Å². The molecule has 4 rings (SSSR count). The number of carbonyl (C=O) groups excluding carboxylic acids is 1. The third kappa shape index (κ3) is 5.70. The van der Waals surface area contributed by atoms with Crippen LogP contribution in [0.1, 0.15) is 56.0 Å². The highest BCUT2D eigenvalue weighted by Crippen LogP contribution is 2.48. The molecule has 1 aliphatic rings. The molecule has 0 bridgehead atoms. The zero-order valence-electron chi connectivity index (χ0n) is 20.5. The normalized spacial score (nSPS) is 18.8. The number of carbonyl (C=O) groups is 1. The molecular weight excluding hydrogens is 530 g/mol. The Balaban J connectivity index is 1.49. The molecule has 1 fully saturated rings. The van der Waals surface area contributed by atoms with Crippen LogP contribution in [0, 0.1) is 5.92 Å². The lowest BCUT2D eigenvalue weighted by Gasteiger charge is -2.32. The summed E-state index contributed by atoms with van der Waals surface area (Å²) in [5.41, 5.74) is -0.685. The van der Waals surface area contributed by atoms with Gasteiger partial charge >= 0.3 is 5.97 Å². The first kappa shape index (κ1) is 26.5. The van der Waals surface area contributed by atoms with Gasteiger partial charge in [0.15, 0.2) is 5.60 Å². The molecule has 1 aromatic heterocycles. The Bertz CT molecular complexity index is 1180. The monoisotopic (exact) mass is 561 g/mol. The van der Waals surface area contributed by atoms with E-state index in [0.29, 0.717) is 6.54 Å². The van der Waals surface area contributed by atoms with E-state index in [-0.39, 0.29) is 30.9 Å². The molecule has 0 radical (unpaired) electrons. The molecule has 1 saturated carbocycles. The molecule has 1 heterocycles. The minimum Gasteiger partial charge on any atom is -0.459 e. The van der Waals surface area contributed by atoms with E-state index < -0.39 is 29.8 Å². The van der Waals surface area contributed by atoms with Gasteiger partial charge in [0.2, 0.25) is 5.92 Å². The lowest BCUT2D eigenvalue weighted by Crippen LogP contribution is -2.44. The Morgan fingerprint density at radius 3 is 2.53 bits per heavy atom. The number of aromatic nitrogens is 2. The minimum atomic E-state index is -2.90. The summed E-state index contributed by atoms with van der Waals surface area (Å²) < 4.78 is 38.6. The van der Waals surface area contributed by atoms with E-state index in [1.54, 1.807) is 24.3 Å². The number of halogens is 3. The number of rotatable bonds is 9. The first-order valence-electron chi connectivity index (χ1n) is 12.3. The molecule has 0 saturated heterocycles. The average molecular weight is 562 g/mol. The Kier molecular flexibility index (Phi) is 7.95. The molecule has 0 amide bonds. The van der Waals surface area contributed by atoms with Gasteiger partial charge in [0, 0.05) is 23.2 Å². The molecule has 0 unspecified atom stereocenters. The number of imidazole rings is 1. The van der Waals surface area contributed by atoms with E-state index >= 15 is 0 Å². The van der Waals surface area contributed by atoms with Crippen LogP contribution in [0.4, 0.5) is 8.78 Å². The smallest absolute Gasteiger partial charge is 0.343 e. The second kappa shape index (κ2) is 10.8. The fourth-order valence-electron chi connectivity index (χ4n) is 5.12. The molecule has 3 aromatic rings. The molecule has 0 aliphatic heterocycles. The van der Waals surface area contributed by atoms with E-state index in [9.17, 15) is 18.7 Å². The number of nitrogens with zero attached hydrogens (tertiary/aromatic N) is 2. The summed E-state index contributed by atoms with van der Waals surface area (Å²) in [6, 6.07) is 16.7. The number of hydrogen-bond acceptors (Lipinski definition) is 3. The third-order valence-electron chi connectivity index (χ3n) is 6.88. The molecule has 1 N–H and O–H groups in total. The summed E-state index contributed by atoms with van der Waals surface area (Å²) in [4.78, 5) is 13.3. The molecule has 2 aromatic carbocycles. The van der Waals surface area contributed by atoms with Crippen molar-refractivity contribution in [3.8, 4) is 0 Å². The fraction of sp³-hybridized carbons (Fsp3) is 0.429. The van der Waals surface area contributed by atoms with Crippen LogP contribution in [0.3, 0.4) is 0 Å². The molecule has 8 heteroatoms. The quantitative estimate of drug-likeness (QED) is 0.274. The Hall–Kier alpha value is -2.58. The van der Waals surface area contributed by atoms with Gasteiger partial charge in [0.1, 0.15) is 32.1 Å². The van der Waals surface area contributed by atoms with Gasteiger partial charge in [-0.05, 0) is 29.7 Å². The molecular formula is C28H32BrF2N2O3+. The van der Waals surface area contributed by atoms with Crippen LogP contribution in [-0.2, 0) is 28.2 Å². The van der Waals surface area contributed by atoms with Gasteiger partial charge in [-0.15, -0.1) is 0 Å². The minimum absolute atomic E-state index is 0.0144. The zero-order valence-corrected chi connectivity index (χ0v) is 22.1. The van der Waals surface area contributed by atoms with Crippen molar-refractivity contribution in [3.63, 3.8) is 0 Å². The number of esters is 1. The van der Waals surface area contributed by atoms with Crippen molar-refractivity contribution in [2.75, 3.05) is 6.61 Å². The Morgan fingerprint density at radius 1 is 1.22 bits per heavy atom. The van der Waals surface area contributed by atoms with Crippen molar-refractivity contribution in [1.29, 1.82) is 0 Å². The van der Waals surface area contributed by atoms with Crippen molar-refractivity contribution in [3.05, 3.63) is 88.4 Å². The predicted octanol–water partition coefficient (Wildman–Crippen LogP) is 5.58. The number of hydrogen-bond donors (Lipinski definition) is 1. The lowest BCUT2D eigenvalue weighted by molar-refractivity contribution is -0.696. The van der Waals surface area contributed by atoms with Crippen LogP contribution >= 0.6 is 15.9 Å². The topological polar surface area (TPSA) is 55.3 Å². The SMILES string of the molecule is CC(C)c1n(CCOC(=O)[C@](O)(c2ccc(Br)cc2)[C@@H]2CCC(F)(F)C2)cc[n+]1Cc1ccccc1. The maximum atomic E-state index is 14.0.